The summed E-state index contributed by atoms with van der Waals surface area (Å²) in [5, 5.41) is 8.20. The Bertz CT molecular complexity index is 1270. The Balaban J connectivity index is 1.76. The first-order chi connectivity index (χ1) is 16.1. The van der Waals surface area contributed by atoms with Gasteiger partial charge in [-0.15, -0.1) is 0 Å². The van der Waals surface area contributed by atoms with E-state index in [1.165, 1.54) is 0 Å². The van der Waals surface area contributed by atoms with Crippen LogP contribution in [0.3, 0.4) is 0 Å². The monoisotopic (exact) mass is 464 g/mol. The molecule has 1 aliphatic carbocycles. The molecular weight excluding hydrogens is 436 g/mol. The predicted octanol–water partition coefficient (Wildman–Crippen LogP) is 3.44. The molecule has 3 N–H and O–H groups in total. The van der Waals surface area contributed by atoms with Gasteiger partial charge in [0.25, 0.3) is 0 Å². The molecule has 34 heavy (non-hydrogen) atoms. The van der Waals surface area contributed by atoms with Crippen LogP contribution in [0.25, 0.3) is 17.1 Å². The minimum absolute atomic E-state index is 0.137. The van der Waals surface area contributed by atoms with Gasteiger partial charge in [0, 0.05) is 6.42 Å². The number of rotatable bonds is 6. The lowest BCUT2D eigenvalue weighted by molar-refractivity contribution is -0.117. The Hall–Kier alpha value is -3.95. The second-order valence-electron chi connectivity index (χ2n) is 9.16. The quantitative estimate of drug-likeness (QED) is 0.571. The molecule has 0 saturated heterocycles. The first-order valence-corrected chi connectivity index (χ1v) is 11.0. The van der Waals surface area contributed by atoms with Gasteiger partial charge >= 0.3 is 6.09 Å². The van der Waals surface area contributed by atoms with E-state index in [1.807, 2.05) is 30.3 Å². The molecule has 0 bridgehead atoms. The maximum Gasteiger partial charge on any atom is 0.414 e. The van der Waals surface area contributed by atoms with Crippen LogP contribution in [0.4, 0.5) is 10.7 Å². The van der Waals surface area contributed by atoms with Crippen LogP contribution in [0, 0.1) is 0 Å². The summed E-state index contributed by atoms with van der Waals surface area (Å²) in [4.78, 5) is 33.1. The molecule has 0 fully saturated rings. The summed E-state index contributed by atoms with van der Waals surface area (Å²) in [7, 11) is 1.62. The van der Waals surface area contributed by atoms with Gasteiger partial charge in [-0.3, -0.25) is 10.1 Å². The largest absolute Gasteiger partial charge is 0.497 e. The Morgan fingerprint density at radius 1 is 1.15 bits per heavy atom. The van der Waals surface area contributed by atoms with Crippen molar-refractivity contribution in [3.05, 3.63) is 46.8 Å². The normalized spacial score (nSPS) is 13.2. The zero-order chi connectivity index (χ0) is 24.5. The Kier molecular flexibility index (Phi) is 6.23. The number of aromatic nitrogens is 4. The van der Waals surface area contributed by atoms with Crippen molar-refractivity contribution in [3.63, 3.8) is 0 Å². The fourth-order valence-corrected chi connectivity index (χ4v) is 3.83. The highest BCUT2D eigenvalue weighted by molar-refractivity contribution is 5.91. The van der Waals surface area contributed by atoms with E-state index >= 15 is 0 Å². The van der Waals surface area contributed by atoms with Crippen LogP contribution in [0.5, 0.6) is 5.75 Å². The Morgan fingerprint density at radius 3 is 2.53 bits per heavy atom. The van der Waals surface area contributed by atoms with Gasteiger partial charge in [0.2, 0.25) is 11.9 Å². The molecule has 0 atom stereocenters. The zero-order valence-electron chi connectivity index (χ0n) is 19.7. The number of primary amides is 1. The van der Waals surface area contributed by atoms with Crippen LogP contribution in [-0.2, 0) is 22.5 Å². The fourth-order valence-electron chi connectivity index (χ4n) is 3.83. The SMILES string of the molecule is COc1ccc(Cn2nc3c4c(nc(NC(=O)OC(C)(C)C)nc42)CCC(CC(N)=O)=C3)cc1. The molecule has 178 valence electrons. The van der Waals surface area contributed by atoms with Crippen molar-refractivity contribution in [2.75, 3.05) is 12.4 Å². The number of aryl methyl sites for hydroxylation is 1. The minimum Gasteiger partial charge on any atom is -0.497 e. The van der Waals surface area contributed by atoms with Gasteiger partial charge in [-0.25, -0.2) is 14.5 Å². The Labute approximate surface area is 197 Å². The van der Waals surface area contributed by atoms with Crippen LogP contribution in [-0.4, -0.2) is 44.5 Å². The van der Waals surface area contributed by atoms with Crippen molar-refractivity contribution in [3.8, 4) is 5.75 Å². The number of hydrogen-bond acceptors (Lipinski definition) is 7. The van der Waals surface area contributed by atoms with Gasteiger partial charge in [-0.2, -0.15) is 10.1 Å². The molecule has 0 spiro atoms. The average Bonchev–Trinajstić information content (AvgIpc) is 2.97. The molecule has 0 unspecified atom stereocenters. The molecule has 3 aromatic rings. The molecule has 2 heterocycles. The van der Waals surface area contributed by atoms with Crippen LogP contribution >= 0.6 is 0 Å². The van der Waals surface area contributed by atoms with E-state index in [1.54, 1.807) is 32.6 Å². The highest BCUT2D eigenvalue weighted by Crippen LogP contribution is 2.30. The number of ether oxygens (including phenoxy) is 2. The van der Waals surface area contributed by atoms with Gasteiger partial charge in [0.15, 0.2) is 5.65 Å². The molecule has 0 radical (unpaired) electrons. The predicted molar refractivity (Wildman–Crippen MR) is 127 cm³/mol. The summed E-state index contributed by atoms with van der Waals surface area (Å²) >= 11 is 0. The van der Waals surface area contributed by atoms with Crippen LogP contribution in [0.2, 0.25) is 0 Å². The van der Waals surface area contributed by atoms with Crippen LogP contribution in [0.15, 0.2) is 29.8 Å². The lowest BCUT2D eigenvalue weighted by Crippen LogP contribution is -2.28. The van der Waals surface area contributed by atoms with Gasteiger partial charge in [-0.05, 0) is 57.4 Å². The highest BCUT2D eigenvalue weighted by atomic mass is 16.6. The van der Waals surface area contributed by atoms with E-state index < -0.39 is 17.6 Å². The van der Waals surface area contributed by atoms with E-state index in [0.29, 0.717) is 30.7 Å². The van der Waals surface area contributed by atoms with Crippen molar-refractivity contribution in [2.24, 2.45) is 5.73 Å². The highest BCUT2D eigenvalue weighted by Gasteiger charge is 2.23. The summed E-state index contributed by atoms with van der Waals surface area (Å²) in [6.07, 6.45) is 2.56. The zero-order valence-corrected chi connectivity index (χ0v) is 19.7. The summed E-state index contributed by atoms with van der Waals surface area (Å²) < 4.78 is 12.4. The lowest BCUT2D eigenvalue weighted by Gasteiger charge is -2.19. The summed E-state index contributed by atoms with van der Waals surface area (Å²) in [6, 6.07) is 7.67. The number of nitrogens with one attached hydrogen (secondary N) is 1. The van der Waals surface area contributed by atoms with E-state index in [0.717, 1.165) is 28.0 Å². The van der Waals surface area contributed by atoms with E-state index in [9.17, 15) is 9.59 Å². The molecule has 10 nitrogen and oxygen atoms in total. The smallest absolute Gasteiger partial charge is 0.414 e. The van der Waals surface area contributed by atoms with Crippen molar-refractivity contribution in [1.29, 1.82) is 0 Å². The van der Waals surface area contributed by atoms with Gasteiger partial charge in [-0.1, -0.05) is 17.7 Å². The van der Waals surface area contributed by atoms with Gasteiger partial charge in [0.05, 0.1) is 30.4 Å². The maximum absolute atomic E-state index is 12.4. The molecule has 4 rings (SSSR count). The summed E-state index contributed by atoms with van der Waals surface area (Å²) in [5.41, 5.74) is 8.65. The number of nitrogens with zero attached hydrogens (tertiary/aromatic N) is 4. The minimum atomic E-state index is -0.656. The Morgan fingerprint density at radius 2 is 1.88 bits per heavy atom. The number of anilines is 1. The molecule has 1 aromatic carbocycles. The molecule has 2 aromatic heterocycles. The number of benzene rings is 1. The van der Waals surface area contributed by atoms with E-state index in [-0.39, 0.29) is 12.4 Å². The van der Waals surface area contributed by atoms with Crippen LogP contribution < -0.4 is 15.8 Å². The molecular formula is C24H28N6O4. The number of nitrogens with two attached hydrogens (primary N) is 1. The molecule has 0 saturated carbocycles. The van der Waals surface area contributed by atoms with Crippen LogP contribution in [0.1, 0.15) is 50.6 Å². The lowest BCUT2D eigenvalue weighted by atomic mass is 10.1. The van der Waals surface area contributed by atoms with Crippen molar-refractivity contribution in [2.45, 2.75) is 52.2 Å². The summed E-state index contributed by atoms with van der Waals surface area (Å²) in [6.45, 7) is 5.80. The number of methoxy groups -OCH3 is 1. The molecule has 2 amide bonds. The number of carbonyl (C=O) groups excluding carboxylic acids is 2. The first-order valence-electron chi connectivity index (χ1n) is 11.0. The first kappa shape index (κ1) is 23.2. The molecule has 1 aliphatic rings. The molecule has 10 heteroatoms. The van der Waals surface area contributed by atoms with E-state index in [4.69, 9.17) is 20.3 Å². The maximum atomic E-state index is 12.4. The standard InChI is InChI=1S/C24H28N6O4/c1-24(2,3)34-23(32)28-22-26-17-10-7-15(12-19(25)31)11-18-20(17)21(27-22)30(29-18)13-14-5-8-16(33-4)9-6-14/h5-6,8-9,11H,7,10,12-13H2,1-4H3,(H2,25,31)(H,26,27,28,32). The second kappa shape index (κ2) is 9.12. The van der Waals surface area contributed by atoms with Crippen molar-refractivity contribution in [1.82, 2.24) is 19.7 Å². The number of carbonyl (C=O) groups is 2. The third-order valence-electron chi connectivity index (χ3n) is 5.22. The number of amides is 2. The average molecular weight is 465 g/mol. The van der Waals surface area contributed by atoms with Crippen molar-refractivity contribution >= 4 is 35.1 Å². The topological polar surface area (TPSA) is 134 Å². The summed E-state index contributed by atoms with van der Waals surface area (Å²) in [5.74, 6) is 0.499. The third kappa shape index (κ3) is 5.33. The third-order valence-corrected chi connectivity index (χ3v) is 5.22. The fraction of sp³-hybridized carbons (Fsp3) is 0.375. The van der Waals surface area contributed by atoms with Gasteiger partial charge in [0.1, 0.15) is 11.4 Å². The second-order valence-corrected chi connectivity index (χ2v) is 9.16. The van der Waals surface area contributed by atoms with Gasteiger partial charge < -0.3 is 15.2 Å². The van der Waals surface area contributed by atoms with Crippen molar-refractivity contribution < 1.29 is 19.1 Å². The van der Waals surface area contributed by atoms with E-state index in [2.05, 4.69) is 15.3 Å². The molecule has 0 aliphatic heterocycles. The number of hydrogen-bond donors (Lipinski definition) is 2.